The van der Waals surface area contributed by atoms with Gasteiger partial charge in [0.05, 0.1) is 10.7 Å². The minimum Gasteiger partial charge on any atom is -0.436 e. The van der Waals surface area contributed by atoms with E-state index < -0.39 is 0 Å². The summed E-state index contributed by atoms with van der Waals surface area (Å²) in [7, 11) is 0. The van der Waals surface area contributed by atoms with Gasteiger partial charge in [-0.25, -0.2) is 9.37 Å². The fourth-order valence-corrected chi connectivity index (χ4v) is 1.33. The molecule has 0 N–H and O–H groups in total. The van der Waals surface area contributed by atoms with Crippen LogP contribution in [0.3, 0.4) is 0 Å². The van der Waals surface area contributed by atoms with Gasteiger partial charge in [0.25, 0.3) is 0 Å². The topological polar surface area (TPSA) is 35.0 Å². The molecule has 2 aromatic rings. The largest absolute Gasteiger partial charge is 0.436 e. The van der Waals surface area contributed by atoms with Crippen LogP contribution in [0.15, 0.2) is 41.3 Å². The number of hydrogen-bond acceptors (Lipinski definition) is 3. The van der Waals surface area contributed by atoms with Crippen LogP contribution in [-0.2, 0) is 0 Å². The van der Waals surface area contributed by atoms with E-state index in [2.05, 4.69) is 25.9 Å². The van der Waals surface area contributed by atoms with Crippen molar-refractivity contribution in [2.24, 2.45) is 0 Å². The lowest BCUT2D eigenvalue weighted by Crippen LogP contribution is -1.89. The molecule has 0 atom stereocenters. The van der Waals surface area contributed by atoms with Gasteiger partial charge in [-0.3, -0.25) is 4.98 Å². The molecule has 0 aliphatic rings. The Bertz CT molecular complexity index is 464. The molecule has 0 spiro atoms. The second-order valence-electron chi connectivity index (χ2n) is 2.72. The summed E-state index contributed by atoms with van der Waals surface area (Å²) in [6.45, 7) is 0. The van der Waals surface area contributed by atoms with Crippen molar-refractivity contribution < 1.29 is 9.13 Å². The highest BCUT2D eigenvalue weighted by atomic mass is 79.9. The van der Waals surface area contributed by atoms with E-state index in [1.165, 1.54) is 30.7 Å². The Hall–Kier alpha value is -1.49. The molecule has 0 aliphatic heterocycles. The first-order chi connectivity index (χ1) is 7.25. The van der Waals surface area contributed by atoms with Gasteiger partial charge in [-0.1, -0.05) is 0 Å². The SMILES string of the molecule is Fc1ccc(Br)c(Oc2cnccn2)c1. The van der Waals surface area contributed by atoms with Crippen LogP contribution in [0.2, 0.25) is 0 Å². The number of ether oxygens (including phenoxy) is 1. The quantitative estimate of drug-likeness (QED) is 0.839. The molecule has 2 rings (SSSR count). The summed E-state index contributed by atoms with van der Waals surface area (Å²) in [5, 5.41) is 0. The maximum Gasteiger partial charge on any atom is 0.237 e. The smallest absolute Gasteiger partial charge is 0.237 e. The molecule has 1 aromatic heterocycles. The molecule has 5 heteroatoms. The van der Waals surface area contributed by atoms with Crippen molar-refractivity contribution in [1.29, 1.82) is 0 Å². The van der Waals surface area contributed by atoms with Gasteiger partial charge < -0.3 is 4.74 Å². The molecule has 0 saturated carbocycles. The molecule has 0 radical (unpaired) electrons. The highest BCUT2D eigenvalue weighted by Gasteiger charge is 2.04. The van der Waals surface area contributed by atoms with Crippen molar-refractivity contribution in [3.8, 4) is 11.6 Å². The van der Waals surface area contributed by atoms with Gasteiger partial charge in [0, 0.05) is 18.5 Å². The van der Waals surface area contributed by atoms with Crippen LogP contribution in [0.4, 0.5) is 4.39 Å². The van der Waals surface area contributed by atoms with Gasteiger partial charge in [-0.15, -0.1) is 0 Å². The molecule has 1 aromatic carbocycles. The highest BCUT2D eigenvalue weighted by molar-refractivity contribution is 9.10. The summed E-state index contributed by atoms with van der Waals surface area (Å²) in [4.78, 5) is 7.75. The monoisotopic (exact) mass is 268 g/mol. The van der Waals surface area contributed by atoms with E-state index in [0.29, 0.717) is 16.1 Å². The first kappa shape index (κ1) is 10.0. The van der Waals surface area contributed by atoms with E-state index in [1.54, 1.807) is 6.07 Å². The third kappa shape index (κ3) is 2.50. The summed E-state index contributed by atoms with van der Waals surface area (Å²) in [6, 6.07) is 4.19. The van der Waals surface area contributed by atoms with Crippen molar-refractivity contribution in [2.45, 2.75) is 0 Å². The van der Waals surface area contributed by atoms with E-state index in [4.69, 9.17) is 4.74 Å². The van der Waals surface area contributed by atoms with Crippen molar-refractivity contribution in [1.82, 2.24) is 9.97 Å². The number of aromatic nitrogens is 2. The van der Waals surface area contributed by atoms with E-state index in [9.17, 15) is 4.39 Å². The molecule has 15 heavy (non-hydrogen) atoms. The Morgan fingerprint density at radius 2 is 2.13 bits per heavy atom. The summed E-state index contributed by atoms with van der Waals surface area (Å²) in [6.07, 6.45) is 4.49. The van der Waals surface area contributed by atoms with Crippen molar-refractivity contribution in [2.75, 3.05) is 0 Å². The standard InChI is InChI=1S/C10H6BrFN2O/c11-8-2-1-7(12)5-9(8)15-10-6-13-3-4-14-10/h1-6H. The third-order valence-electron chi connectivity index (χ3n) is 1.65. The zero-order chi connectivity index (χ0) is 10.7. The number of nitrogens with zero attached hydrogens (tertiary/aromatic N) is 2. The second kappa shape index (κ2) is 4.35. The Balaban J connectivity index is 2.28. The molecular formula is C10H6BrFN2O. The van der Waals surface area contributed by atoms with Crippen LogP contribution < -0.4 is 4.74 Å². The molecule has 0 amide bonds. The van der Waals surface area contributed by atoms with Crippen molar-refractivity contribution >= 4 is 15.9 Å². The van der Waals surface area contributed by atoms with E-state index in [-0.39, 0.29) is 5.82 Å². The molecule has 0 saturated heterocycles. The minimum atomic E-state index is -0.364. The fraction of sp³-hybridized carbons (Fsp3) is 0. The fourth-order valence-electron chi connectivity index (χ4n) is 1.01. The van der Waals surface area contributed by atoms with Gasteiger partial charge in [0.2, 0.25) is 5.88 Å². The van der Waals surface area contributed by atoms with Gasteiger partial charge >= 0.3 is 0 Å². The zero-order valence-corrected chi connectivity index (χ0v) is 9.11. The Labute approximate surface area is 94.1 Å². The summed E-state index contributed by atoms with van der Waals surface area (Å²) >= 11 is 3.25. The van der Waals surface area contributed by atoms with Crippen molar-refractivity contribution in [3.63, 3.8) is 0 Å². The van der Waals surface area contributed by atoms with Crippen LogP contribution in [0.25, 0.3) is 0 Å². The molecular weight excluding hydrogens is 263 g/mol. The minimum absolute atomic E-state index is 0.323. The van der Waals surface area contributed by atoms with Crippen LogP contribution >= 0.6 is 15.9 Å². The van der Waals surface area contributed by atoms with Gasteiger partial charge in [0.15, 0.2) is 0 Å². The molecule has 3 nitrogen and oxygen atoms in total. The molecule has 0 bridgehead atoms. The lowest BCUT2D eigenvalue weighted by atomic mass is 10.3. The normalized spacial score (nSPS) is 10.0. The average Bonchev–Trinajstić information content (AvgIpc) is 2.25. The van der Waals surface area contributed by atoms with Gasteiger partial charge in [-0.2, -0.15) is 0 Å². The number of rotatable bonds is 2. The Kier molecular flexibility index (Phi) is 2.91. The summed E-state index contributed by atoms with van der Waals surface area (Å²) < 4.78 is 18.9. The van der Waals surface area contributed by atoms with Gasteiger partial charge in [0.1, 0.15) is 11.6 Å². The maximum absolute atomic E-state index is 12.9. The van der Waals surface area contributed by atoms with E-state index >= 15 is 0 Å². The van der Waals surface area contributed by atoms with E-state index in [1.807, 2.05) is 0 Å². The summed E-state index contributed by atoms with van der Waals surface area (Å²) in [5.74, 6) is 0.330. The molecule has 1 heterocycles. The predicted molar refractivity (Wildman–Crippen MR) is 56.2 cm³/mol. The van der Waals surface area contributed by atoms with Crippen molar-refractivity contribution in [3.05, 3.63) is 47.1 Å². The van der Waals surface area contributed by atoms with E-state index in [0.717, 1.165) is 0 Å². The Morgan fingerprint density at radius 3 is 2.87 bits per heavy atom. The molecule has 0 unspecified atom stereocenters. The number of hydrogen-bond donors (Lipinski definition) is 0. The molecule has 0 fully saturated rings. The maximum atomic E-state index is 12.9. The first-order valence-corrected chi connectivity index (χ1v) is 4.94. The summed E-state index contributed by atoms with van der Waals surface area (Å²) in [5.41, 5.74) is 0. The zero-order valence-electron chi connectivity index (χ0n) is 7.52. The Morgan fingerprint density at radius 1 is 1.27 bits per heavy atom. The lowest BCUT2D eigenvalue weighted by Gasteiger charge is -2.05. The molecule has 0 aliphatic carbocycles. The highest BCUT2D eigenvalue weighted by Crippen LogP contribution is 2.28. The second-order valence-corrected chi connectivity index (χ2v) is 3.57. The van der Waals surface area contributed by atoms with Crippen LogP contribution in [0.5, 0.6) is 11.6 Å². The van der Waals surface area contributed by atoms with Gasteiger partial charge in [-0.05, 0) is 28.1 Å². The predicted octanol–water partition coefficient (Wildman–Crippen LogP) is 3.17. The van der Waals surface area contributed by atoms with Crippen LogP contribution in [0, 0.1) is 5.82 Å². The number of benzene rings is 1. The lowest BCUT2D eigenvalue weighted by molar-refractivity contribution is 0.452. The number of halogens is 2. The third-order valence-corrected chi connectivity index (χ3v) is 2.30. The average molecular weight is 269 g/mol. The van der Waals surface area contributed by atoms with Crippen LogP contribution in [-0.4, -0.2) is 9.97 Å². The first-order valence-electron chi connectivity index (χ1n) is 4.14. The molecule has 76 valence electrons. The van der Waals surface area contributed by atoms with Crippen LogP contribution in [0.1, 0.15) is 0 Å².